The summed E-state index contributed by atoms with van der Waals surface area (Å²) in [5.74, 6) is 0.748. The predicted octanol–water partition coefficient (Wildman–Crippen LogP) is 2.76. The summed E-state index contributed by atoms with van der Waals surface area (Å²) in [6, 6.07) is 2.08. The molecule has 0 amide bonds. The van der Waals surface area contributed by atoms with Crippen LogP contribution in [0.2, 0.25) is 0 Å². The summed E-state index contributed by atoms with van der Waals surface area (Å²) < 4.78 is 5.75. The summed E-state index contributed by atoms with van der Waals surface area (Å²) in [5, 5.41) is 3.15. The highest BCUT2D eigenvalue weighted by Crippen LogP contribution is 2.21. The van der Waals surface area contributed by atoms with Gasteiger partial charge in [-0.15, -0.1) is 6.58 Å². The van der Waals surface area contributed by atoms with Crippen LogP contribution in [0.4, 0.5) is 0 Å². The van der Waals surface area contributed by atoms with Crippen LogP contribution in [0.5, 0.6) is 5.88 Å². The highest BCUT2D eigenvalue weighted by Gasteiger charge is 2.09. The second kappa shape index (κ2) is 6.40. The van der Waals surface area contributed by atoms with E-state index in [0.717, 1.165) is 35.7 Å². The number of ether oxygens (including phenoxy) is 1. The molecule has 0 saturated heterocycles. The second-order valence-electron chi connectivity index (χ2n) is 4.45. The number of aryl methyl sites for hydroxylation is 2. The Labute approximate surface area is 104 Å². The molecule has 1 rings (SSSR count). The Morgan fingerprint density at radius 3 is 2.76 bits per heavy atom. The lowest BCUT2D eigenvalue weighted by Gasteiger charge is -2.13. The molecule has 94 valence electrons. The van der Waals surface area contributed by atoms with Crippen molar-refractivity contribution in [3.63, 3.8) is 0 Å². The van der Waals surface area contributed by atoms with Gasteiger partial charge in [-0.25, -0.2) is 4.98 Å². The fourth-order valence-corrected chi connectivity index (χ4v) is 1.66. The molecule has 0 saturated carbocycles. The predicted molar refractivity (Wildman–Crippen MR) is 71.4 cm³/mol. The zero-order valence-electron chi connectivity index (χ0n) is 11.3. The molecule has 3 nitrogen and oxygen atoms in total. The topological polar surface area (TPSA) is 34.1 Å². The van der Waals surface area contributed by atoms with Crippen LogP contribution >= 0.6 is 0 Å². The summed E-state index contributed by atoms with van der Waals surface area (Å²) in [4.78, 5) is 4.46. The first-order chi connectivity index (χ1) is 8.04. The van der Waals surface area contributed by atoms with Gasteiger partial charge in [-0.3, -0.25) is 0 Å². The number of nitrogens with one attached hydrogen (secondary N) is 1. The van der Waals surface area contributed by atoms with Crippen LogP contribution in [-0.2, 0) is 6.54 Å². The molecule has 1 heterocycles. The zero-order chi connectivity index (χ0) is 12.8. The van der Waals surface area contributed by atoms with E-state index < -0.39 is 0 Å². The van der Waals surface area contributed by atoms with Crippen molar-refractivity contribution in [2.24, 2.45) is 0 Å². The van der Waals surface area contributed by atoms with E-state index >= 15 is 0 Å². The quantitative estimate of drug-likeness (QED) is 0.768. The maximum Gasteiger partial charge on any atom is 0.218 e. The van der Waals surface area contributed by atoms with Gasteiger partial charge in [-0.05, 0) is 39.4 Å². The van der Waals surface area contributed by atoms with Crippen molar-refractivity contribution in [1.29, 1.82) is 0 Å². The third-order valence-corrected chi connectivity index (χ3v) is 2.56. The second-order valence-corrected chi connectivity index (χ2v) is 4.45. The Balaban J connectivity index is 2.83. The summed E-state index contributed by atoms with van der Waals surface area (Å²) >= 11 is 0. The number of hydrogen-bond donors (Lipinski definition) is 1. The van der Waals surface area contributed by atoms with E-state index in [1.54, 1.807) is 0 Å². The molecule has 3 heteroatoms. The largest absolute Gasteiger partial charge is 0.477 e. The molecule has 0 aromatic carbocycles. The van der Waals surface area contributed by atoms with Crippen molar-refractivity contribution in [3.05, 3.63) is 35.0 Å². The molecule has 1 aromatic rings. The van der Waals surface area contributed by atoms with Gasteiger partial charge in [0.1, 0.15) is 0 Å². The molecule has 0 aliphatic carbocycles. The van der Waals surface area contributed by atoms with Crippen LogP contribution < -0.4 is 10.1 Å². The molecular weight excluding hydrogens is 212 g/mol. The van der Waals surface area contributed by atoms with Gasteiger partial charge in [0.2, 0.25) is 5.88 Å². The summed E-state index contributed by atoms with van der Waals surface area (Å²) in [5.41, 5.74) is 4.48. The lowest BCUT2D eigenvalue weighted by molar-refractivity contribution is 0.304. The van der Waals surface area contributed by atoms with E-state index in [-0.39, 0.29) is 0 Å². The third-order valence-electron chi connectivity index (χ3n) is 2.56. The van der Waals surface area contributed by atoms with Crippen molar-refractivity contribution < 1.29 is 4.74 Å². The Kier molecular flexibility index (Phi) is 5.16. The van der Waals surface area contributed by atoms with Crippen LogP contribution in [0.15, 0.2) is 18.2 Å². The van der Waals surface area contributed by atoms with E-state index in [1.165, 1.54) is 5.56 Å². The normalized spacial score (nSPS) is 10.4. The molecular formula is C14H22N2O. The molecule has 0 bridgehead atoms. The highest BCUT2D eigenvalue weighted by molar-refractivity contribution is 5.35. The number of pyridine rings is 1. The van der Waals surface area contributed by atoms with Crippen molar-refractivity contribution in [3.8, 4) is 5.88 Å². The SMILES string of the molecule is C=C(C)CCOc1nc(C)cc(C)c1CNC. The highest BCUT2D eigenvalue weighted by atomic mass is 16.5. The van der Waals surface area contributed by atoms with E-state index in [1.807, 2.05) is 20.9 Å². The van der Waals surface area contributed by atoms with Crippen LogP contribution in [0.3, 0.4) is 0 Å². The Hall–Kier alpha value is -1.35. The van der Waals surface area contributed by atoms with E-state index in [4.69, 9.17) is 4.74 Å². The van der Waals surface area contributed by atoms with Crippen LogP contribution in [0.25, 0.3) is 0 Å². The monoisotopic (exact) mass is 234 g/mol. The minimum Gasteiger partial charge on any atom is -0.477 e. The Morgan fingerprint density at radius 1 is 1.47 bits per heavy atom. The summed E-state index contributed by atoms with van der Waals surface area (Å²) in [7, 11) is 1.93. The van der Waals surface area contributed by atoms with E-state index in [9.17, 15) is 0 Å². The summed E-state index contributed by atoms with van der Waals surface area (Å²) in [6.07, 6.45) is 0.869. The molecule has 0 atom stereocenters. The van der Waals surface area contributed by atoms with Gasteiger partial charge < -0.3 is 10.1 Å². The first-order valence-corrected chi connectivity index (χ1v) is 5.93. The van der Waals surface area contributed by atoms with Gasteiger partial charge >= 0.3 is 0 Å². The van der Waals surface area contributed by atoms with Crippen molar-refractivity contribution in [2.45, 2.75) is 33.7 Å². The van der Waals surface area contributed by atoms with Crippen LogP contribution in [0.1, 0.15) is 30.2 Å². The molecule has 17 heavy (non-hydrogen) atoms. The number of hydrogen-bond acceptors (Lipinski definition) is 3. The lowest BCUT2D eigenvalue weighted by atomic mass is 10.1. The molecule has 0 spiro atoms. The molecule has 0 unspecified atom stereocenters. The fraction of sp³-hybridized carbons (Fsp3) is 0.500. The average Bonchev–Trinajstić information content (AvgIpc) is 2.22. The van der Waals surface area contributed by atoms with Gasteiger partial charge in [0, 0.05) is 24.2 Å². The van der Waals surface area contributed by atoms with Crippen LogP contribution in [-0.4, -0.2) is 18.6 Å². The van der Waals surface area contributed by atoms with Crippen molar-refractivity contribution in [2.75, 3.05) is 13.7 Å². The molecule has 1 aromatic heterocycles. The maximum atomic E-state index is 5.75. The molecule has 0 fully saturated rings. The summed E-state index contributed by atoms with van der Waals surface area (Å²) in [6.45, 7) is 11.4. The molecule has 0 aliphatic heterocycles. The van der Waals surface area contributed by atoms with Crippen LogP contribution in [0, 0.1) is 13.8 Å². The lowest BCUT2D eigenvalue weighted by Crippen LogP contribution is -2.11. The molecule has 0 radical (unpaired) electrons. The Morgan fingerprint density at radius 2 is 2.18 bits per heavy atom. The molecule has 0 aliphatic rings. The standard InChI is InChI=1S/C14H22N2O/c1-10(2)6-7-17-14-13(9-15-5)11(3)8-12(4)16-14/h8,15H,1,6-7,9H2,2-5H3. The smallest absolute Gasteiger partial charge is 0.218 e. The van der Waals surface area contributed by atoms with Gasteiger partial charge in [0.05, 0.1) is 6.61 Å². The first kappa shape index (κ1) is 13.7. The minimum absolute atomic E-state index is 0.641. The Bertz CT molecular complexity index is 399. The first-order valence-electron chi connectivity index (χ1n) is 5.93. The number of aromatic nitrogens is 1. The fourth-order valence-electron chi connectivity index (χ4n) is 1.66. The number of rotatable bonds is 6. The average molecular weight is 234 g/mol. The maximum absolute atomic E-state index is 5.75. The minimum atomic E-state index is 0.641. The van der Waals surface area contributed by atoms with Crippen molar-refractivity contribution in [1.82, 2.24) is 10.3 Å². The van der Waals surface area contributed by atoms with Gasteiger partial charge in [0.25, 0.3) is 0 Å². The zero-order valence-corrected chi connectivity index (χ0v) is 11.3. The number of nitrogens with zero attached hydrogens (tertiary/aromatic N) is 1. The van der Waals surface area contributed by atoms with Gasteiger partial charge in [-0.2, -0.15) is 0 Å². The third kappa shape index (κ3) is 4.19. The molecule has 1 N–H and O–H groups in total. The van der Waals surface area contributed by atoms with E-state index in [0.29, 0.717) is 6.61 Å². The van der Waals surface area contributed by atoms with Gasteiger partial charge in [0.15, 0.2) is 0 Å². The van der Waals surface area contributed by atoms with E-state index in [2.05, 4.69) is 29.9 Å². The van der Waals surface area contributed by atoms with Gasteiger partial charge in [-0.1, -0.05) is 5.57 Å². The van der Waals surface area contributed by atoms with Crippen molar-refractivity contribution >= 4 is 0 Å².